The number of nitrogens with one attached hydrogen (secondary N) is 2. The molecule has 0 unspecified atom stereocenters. The minimum absolute atomic E-state index is 0. The van der Waals surface area contributed by atoms with Gasteiger partial charge in [0.05, 0.1) is 21.6 Å². The molecule has 10 heteroatoms. The molecule has 0 saturated carbocycles. The van der Waals surface area contributed by atoms with Gasteiger partial charge in [0.25, 0.3) is 5.91 Å². The third-order valence-electron chi connectivity index (χ3n) is 5.31. The second-order valence-electron chi connectivity index (χ2n) is 7.23. The van der Waals surface area contributed by atoms with Crippen LogP contribution in [-0.4, -0.2) is 45.9 Å². The highest BCUT2D eigenvalue weighted by Crippen LogP contribution is 2.31. The normalized spacial score (nSPS) is 18.3. The molecule has 7 nitrogen and oxygen atoms in total. The molecule has 2 aromatic heterocycles. The summed E-state index contributed by atoms with van der Waals surface area (Å²) >= 11 is 1.22. The lowest BCUT2D eigenvalue weighted by Gasteiger charge is -2.33. The highest BCUT2D eigenvalue weighted by atomic mass is 35.5. The second-order valence-corrected chi connectivity index (χ2v) is 8.32. The van der Waals surface area contributed by atoms with E-state index in [1.165, 1.54) is 34.3 Å². The van der Waals surface area contributed by atoms with E-state index in [0.29, 0.717) is 22.0 Å². The first-order chi connectivity index (χ1) is 14.4. The monoisotopic (exact) mass is 464 g/mol. The van der Waals surface area contributed by atoms with Crippen molar-refractivity contribution in [2.24, 2.45) is 7.05 Å². The minimum atomic E-state index is -1.07. The van der Waals surface area contributed by atoms with Crippen molar-refractivity contribution in [2.45, 2.75) is 18.4 Å². The Morgan fingerprint density at radius 1 is 1.32 bits per heavy atom. The number of carboxylic acid groups (broad SMARTS) is 1. The van der Waals surface area contributed by atoms with E-state index in [1.54, 1.807) is 25.2 Å². The number of carboxylic acids is 1. The zero-order valence-electron chi connectivity index (χ0n) is 16.7. The van der Waals surface area contributed by atoms with E-state index in [1.807, 2.05) is 6.07 Å². The number of amides is 1. The molecule has 164 valence electrons. The number of benzene rings is 1. The van der Waals surface area contributed by atoms with E-state index < -0.39 is 5.97 Å². The van der Waals surface area contributed by atoms with Crippen LogP contribution in [0.4, 0.5) is 4.39 Å². The Morgan fingerprint density at radius 3 is 2.87 bits per heavy atom. The van der Waals surface area contributed by atoms with Crippen molar-refractivity contribution in [3.8, 4) is 10.6 Å². The Labute approximate surface area is 188 Å². The maximum absolute atomic E-state index is 13.7. The molecular formula is C21H22ClFN4O3S. The summed E-state index contributed by atoms with van der Waals surface area (Å²) in [5.41, 5.74) is 1.42. The van der Waals surface area contributed by atoms with Crippen LogP contribution in [0, 0.1) is 5.82 Å². The quantitative estimate of drug-likeness (QED) is 0.538. The number of thiophene rings is 1. The summed E-state index contributed by atoms with van der Waals surface area (Å²) in [7, 11) is 1.67. The van der Waals surface area contributed by atoms with Gasteiger partial charge >= 0.3 is 5.97 Å². The van der Waals surface area contributed by atoms with E-state index in [-0.39, 0.29) is 41.7 Å². The summed E-state index contributed by atoms with van der Waals surface area (Å²) in [6, 6.07) is 9.74. The van der Waals surface area contributed by atoms with Crippen LogP contribution in [0.3, 0.4) is 0 Å². The fraction of sp³-hybridized carbons (Fsp3) is 0.286. The van der Waals surface area contributed by atoms with E-state index >= 15 is 0 Å². The summed E-state index contributed by atoms with van der Waals surface area (Å²) in [6.45, 7) is 1.39. The number of nitrogens with zero attached hydrogens (tertiary/aromatic N) is 2. The molecule has 1 aromatic carbocycles. The van der Waals surface area contributed by atoms with Gasteiger partial charge in [-0.05, 0) is 42.8 Å². The van der Waals surface area contributed by atoms with Gasteiger partial charge in [-0.15, -0.1) is 23.7 Å². The van der Waals surface area contributed by atoms with Crippen molar-refractivity contribution < 1.29 is 19.1 Å². The Kier molecular flexibility index (Phi) is 7.09. The summed E-state index contributed by atoms with van der Waals surface area (Å²) < 4.78 is 15.2. The number of piperidine rings is 1. The number of aromatic carboxylic acids is 1. The number of hydrogen-bond acceptors (Lipinski definition) is 5. The van der Waals surface area contributed by atoms with Crippen LogP contribution in [0.15, 0.2) is 42.6 Å². The van der Waals surface area contributed by atoms with Crippen LogP contribution in [0.2, 0.25) is 0 Å². The first-order valence-corrected chi connectivity index (χ1v) is 10.4. The molecule has 2 atom stereocenters. The van der Waals surface area contributed by atoms with Crippen LogP contribution in [0.1, 0.15) is 37.9 Å². The van der Waals surface area contributed by atoms with Gasteiger partial charge in [0, 0.05) is 25.6 Å². The van der Waals surface area contributed by atoms with Gasteiger partial charge in [0.2, 0.25) is 0 Å². The molecule has 3 aromatic rings. The van der Waals surface area contributed by atoms with Crippen LogP contribution in [0.5, 0.6) is 0 Å². The standard InChI is InChI=1S/C21H21FN4O3S.ClH/c1-26-19(15(10-24-26)21(28)29)17-5-6-18(30-17)20(27)25-16-11-23-8-7-14(16)12-3-2-4-13(22)9-12;/h2-6,9-10,14,16,23H,7-8,11H2,1H3,(H,25,27)(H,28,29);1H/t14-,16+;/m0./s1. The fourth-order valence-corrected chi connectivity index (χ4v) is 4.86. The Hall–Kier alpha value is -2.75. The van der Waals surface area contributed by atoms with Crippen LogP contribution in [0.25, 0.3) is 10.6 Å². The van der Waals surface area contributed by atoms with Gasteiger partial charge in [0.1, 0.15) is 11.4 Å². The number of hydrogen-bond donors (Lipinski definition) is 3. The molecule has 4 rings (SSSR count). The zero-order chi connectivity index (χ0) is 21.3. The van der Waals surface area contributed by atoms with Crippen molar-refractivity contribution >= 4 is 35.6 Å². The molecule has 1 fully saturated rings. The van der Waals surface area contributed by atoms with Crippen molar-refractivity contribution in [1.29, 1.82) is 0 Å². The molecule has 0 spiro atoms. The van der Waals surface area contributed by atoms with Gasteiger partial charge in [-0.2, -0.15) is 5.10 Å². The van der Waals surface area contributed by atoms with Gasteiger partial charge < -0.3 is 15.7 Å². The lowest BCUT2D eigenvalue weighted by molar-refractivity contribution is 0.0697. The molecule has 31 heavy (non-hydrogen) atoms. The molecular weight excluding hydrogens is 443 g/mol. The topological polar surface area (TPSA) is 96.2 Å². The number of aromatic nitrogens is 2. The van der Waals surface area contributed by atoms with Crippen molar-refractivity contribution in [1.82, 2.24) is 20.4 Å². The lowest BCUT2D eigenvalue weighted by Crippen LogP contribution is -2.49. The first kappa shape index (κ1) is 22.9. The highest BCUT2D eigenvalue weighted by Gasteiger charge is 2.29. The maximum Gasteiger partial charge on any atom is 0.339 e. The number of carbonyl (C=O) groups is 2. The van der Waals surface area contributed by atoms with Gasteiger partial charge in [-0.3, -0.25) is 9.48 Å². The average Bonchev–Trinajstić information content (AvgIpc) is 3.35. The Morgan fingerprint density at radius 2 is 2.13 bits per heavy atom. The molecule has 0 aliphatic carbocycles. The minimum Gasteiger partial charge on any atom is -0.478 e. The number of aryl methyl sites for hydroxylation is 1. The van der Waals surface area contributed by atoms with Crippen molar-refractivity contribution in [2.75, 3.05) is 13.1 Å². The van der Waals surface area contributed by atoms with Crippen LogP contribution < -0.4 is 10.6 Å². The molecule has 3 heterocycles. The maximum atomic E-state index is 13.7. The predicted molar refractivity (Wildman–Crippen MR) is 119 cm³/mol. The number of halogens is 2. The van der Waals surface area contributed by atoms with Crippen molar-refractivity contribution in [3.05, 3.63) is 64.4 Å². The lowest BCUT2D eigenvalue weighted by atomic mass is 9.86. The number of rotatable bonds is 5. The first-order valence-electron chi connectivity index (χ1n) is 9.56. The van der Waals surface area contributed by atoms with Gasteiger partial charge in [0.15, 0.2) is 0 Å². The summed E-state index contributed by atoms with van der Waals surface area (Å²) in [5.74, 6) is -1.57. The molecule has 0 bridgehead atoms. The van der Waals surface area contributed by atoms with E-state index in [9.17, 15) is 19.1 Å². The van der Waals surface area contributed by atoms with Crippen LogP contribution >= 0.6 is 23.7 Å². The SMILES string of the molecule is Cl.Cn1ncc(C(=O)O)c1-c1ccc(C(=O)N[C@@H]2CNCC[C@H]2c2cccc(F)c2)s1. The van der Waals surface area contributed by atoms with Gasteiger partial charge in [-0.25, -0.2) is 9.18 Å². The smallest absolute Gasteiger partial charge is 0.339 e. The zero-order valence-corrected chi connectivity index (χ0v) is 18.3. The number of carbonyl (C=O) groups excluding carboxylic acids is 1. The Balaban J connectivity index is 0.00000272. The summed E-state index contributed by atoms with van der Waals surface area (Å²) in [4.78, 5) is 25.5. The summed E-state index contributed by atoms with van der Waals surface area (Å²) in [5, 5.41) is 19.7. The Bertz CT molecular complexity index is 1100. The van der Waals surface area contributed by atoms with E-state index in [0.717, 1.165) is 18.5 Å². The molecule has 1 aliphatic heterocycles. The molecule has 3 N–H and O–H groups in total. The fourth-order valence-electron chi connectivity index (χ4n) is 3.86. The van der Waals surface area contributed by atoms with E-state index in [4.69, 9.17) is 0 Å². The highest BCUT2D eigenvalue weighted by molar-refractivity contribution is 7.17. The molecule has 1 aliphatic rings. The molecule has 0 radical (unpaired) electrons. The predicted octanol–water partition coefficient (Wildman–Crippen LogP) is 3.28. The third kappa shape index (κ3) is 4.79. The van der Waals surface area contributed by atoms with Crippen LogP contribution in [-0.2, 0) is 7.05 Å². The summed E-state index contributed by atoms with van der Waals surface area (Å²) in [6.07, 6.45) is 2.09. The third-order valence-corrected chi connectivity index (χ3v) is 6.40. The average molecular weight is 465 g/mol. The second kappa shape index (κ2) is 9.59. The van der Waals surface area contributed by atoms with Crippen molar-refractivity contribution in [3.63, 3.8) is 0 Å². The van der Waals surface area contributed by atoms with E-state index in [2.05, 4.69) is 15.7 Å². The van der Waals surface area contributed by atoms with Gasteiger partial charge in [-0.1, -0.05) is 12.1 Å². The molecule has 1 saturated heterocycles. The molecule has 1 amide bonds. The largest absolute Gasteiger partial charge is 0.478 e.